The zero-order valence-corrected chi connectivity index (χ0v) is 16.9. The maximum atomic E-state index is 5.05. The van der Waals surface area contributed by atoms with Gasteiger partial charge in [0.05, 0.1) is 6.04 Å². The van der Waals surface area contributed by atoms with Crippen LogP contribution in [0.2, 0.25) is 0 Å². The molecule has 0 spiro atoms. The van der Waals surface area contributed by atoms with Gasteiger partial charge in [0, 0.05) is 67.7 Å². The van der Waals surface area contributed by atoms with Crippen LogP contribution in [-0.2, 0) is 26.6 Å². The Morgan fingerprint density at radius 3 is 2.93 bits per heavy atom. The molecule has 2 aliphatic rings. The summed E-state index contributed by atoms with van der Waals surface area (Å²) in [6, 6.07) is 9.04. The molecule has 28 heavy (non-hydrogen) atoms. The molecule has 1 unspecified atom stereocenters. The van der Waals surface area contributed by atoms with Gasteiger partial charge < -0.3 is 9.47 Å². The number of benzene rings is 1. The Labute approximate surface area is 167 Å². The fourth-order valence-electron chi connectivity index (χ4n) is 4.88. The molecule has 2 aliphatic heterocycles. The number of likely N-dealkylation sites (tertiary alicyclic amines) is 1. The molecular weight excluding hydrogens is 346 g/mol. The van der Waals surface area contributed by atoms with E-state index in [4.69, 9.17) is 9.97 Å². The average molecular weight is 376 g/mol. The lowest BCUT2D eigenvalue weighted by Gasteiger charge is -2.35. The molecule has 5 rings (SSSR count). The first-order valence-corrected chi connectivity index (χ1v) is 10.5. The minimum Gasteiger partial charge on any atom is -0.350 e. The van der Waals surface area contributed by atoms with Gasteiger partial charge in [0.25, 0.3) is 0 Å². The van der Waals surface area contributed by atoms with Crippen molar-refractivity contribution in [1.82, 2.24) is 24.3 Å². The molecule has 0 amide bonds. The Bertz CT molecular complexity index is 992. The van der Waals surface area contributed by atoms with Gasteiger partial charge in [-0.1, -0.05) is 24.6 Å². The van der Waals surface area contributed by atoms with Gasteiger partial charge in [0.15, 0.2) is 0 Å². The van der Waals surface area contributed by atoms with E-state index >= 15 is 0 Å². The second-order valence-corrected chi connectivity index (χ2v) is 8.45. The third-order valence-corrected chi connectivity index (χ3v) is 6.41. The molecule has 3 aromatic rings. The summed E-state index contributed by atoms with van der Waals surface area (Å²) in [5.74, 6) is 1.03. The van der Waals surface area contributed by atoms with Crippen molar-refractivity contribution in [2.45, 2.75) is 44.8 Å². The molecule has 0 N–H and O–H groups in total. The van der Waals surface area contributed by atoms with E-state index in [9.17, 15) is 0 Å². The Kier molecular flexibility index (Phi) is 4.65. The van der Waals surface area contributed by atoms with Crippen LogP contribution in [0.3, 0.4) is 0 Å². The van der Waals surface area contributed by atoms with Gasteiger partial charge in [0.2, 0.25) is 0 Å². The number of nitrogens with zero attached hydrogens (tertiary/aromatic N) is 5. The summed E-state index contributed by atoms with van der Waals surface area (Å²) in [4.78, 5) is 14.8. The predicted octanol–water partition coefficient (Wildman–Crippen LogP) is 3.68. The molecule has 1 fully saturated rings. The van der Waals surface area contributed by atoms with E-state index in [0.717, 1.165) is 44.8 Å². The first kappa shape index (κ1) is 17.8. The van der Waals surface area contributed by atoms with E-state index in [1.54, 1.807) is 0 Å². The summed E-state index contributed by atoms with van der Waals surface area (Å²) in [5.41, 5.74) is 5.28. The van der Waals surface area contributed by atoms with Crippen LogP contribution >= 0.6 is 0 Å². The Morgan fingerprint density at radius 2 is 2.00 bits per heavy atom. The zero-order valence-electron chi connectivity index (χ0n) is 16.9. The van der Waals surface area contributed by atoms with Crippen LogP contribution in [0, 0.1) is 0 Å². The summed E-state index contributed by atoms with van der Waals surface area (Å²) < 4.78 is 2.25. The minimum atomic E-state index is 0.331. The summed E-state index contributed by atoms with van der Waals surface area (Å²) in [6.07, 6.45) is 9.09. The van der Waals surface area contributed by atoms with Gasteiger partial charge in [-0.15, -0.1) is 0 Å². The molecule has 0 bridgehead atoms. The summed E-state index contributed by atoms with van der Waals surface area (Å²) in [5, 5.41) is 1.36. The lowest BCUT2D eigenvalue weighted by atomic mass is 9.99. The zero-order chi connectivity index (χ0) is 19.1. The maximum Gasteiger partial charge on any atom is 0.145 e. The van der Waals surface area contributed by atoms with Gasteiger partial charge in [-0.2, -0.15) is 0 Å². The van der Waals surface area contributed by atoms with E-state index in [-0.39, 0.29) is 0 Å². The van der Waals surface area contributed by atoms with Crippen molar-refractivity contribution in [3.8, 4) is 0 Å². The molecule has 1 aromatic carbocycles. The monoisotopic (exact) mass is 375 g/mol. The standard InChI is InChI=1S/C23H29N5/c1-26-12-10-20-17(14-26)13-24-23(25-20)22-9-5-6-11-28(22)16-18-15-27(2)21-8-4-3-7-19(18)21/h3-4,7-8,13,15,22H,5-6,9-12,14,16H2,1-2H3. The third-order valence-electron chi connectivity index (χ3n) is 6.41. The number of aryl methyl sites for hydroxylation is 1. The molecule has 1 saturated heterocycles. The average Bonchev–Trinajstić information content (AvgIpc) is 3.04. The lowest BCUT2D eigenvalue weighted by Crippen LogP contribution is -2.35. The van der Waals surface area contributed by atoms with Crippen molar-refractivity contribution >= 4 is 10.9 Å². The SMILES string of the molecule is CN1CCc2nc(C3CCCCN3Cc3cn(C)c4ccccc34)ncc2C1. The number of para-hydroxylation sites is 1. The Hall–Kier alpha value is -2.24. The van der Waals surface area contributed by atoms with Gasteiger partial charge in [-0.3, -0.25) is 4.90 Å². The molecule has 0 radical (unpaired) electrons. The molecular formula is C23H29N5. The second-order valence-electron chi connectivity index (χ2n) is 8.45. The highest BCUT2D eigenvalue weighted by Gasteiger charge is 2.28. The number of rotatable bonds is 3. The van der Waals surface area contributed by atoms with Gasteiger partial charge in [0.1, 0.15) is 5.82 Å². The van der Waals surface area contributed by atoms with Crippen molar-refractivity contribution in [1.29, 1.82) is 0 Å². The van der Waals surface area contributed by atoms with Crippen molar-refractivity contribution in [3.63, 3.8) is 0 Å². The van der Waals surface area contributed by atoms with Crippen molar-refractivity contribution in [2.75, 3.05) is 20.1 Å². The molecule has 146 valence electrons. The fourth-order valence-corrected chi connectivity index (χ4v) is 4.88. The molecule has 0 aliphatic carbocycles. The molecule has 5 heteroatoms. The molecule has 0 saturated carbocycles. The van der Waals surface area contributed by atoms with Gasteiger partial charge in [-0.05, 0) is 38.1 Å². The van der Waals surface area contributed by atoms with E-state index in [0.29, 0.717) is 6.04 Å². The van der Waals surface area contributed by atoms with E-state index in [1.165, 1.54) is 40.6 Å². The van der Waals surface area contributed by atoms with Gasteiger partial charge in [-0.25, -0.2) is 9.97 Å². The van der Waals surface area contributed by atoms with E-state index in [2.05, 4.69) is 65.1 Å². The first-order chi connectivity index (χ1) is 13.7. The normalized spacial score (nSPS) is 21.1. The summed E-state index contributed by atoms with van der Waals surface area (Å²) in [7, 11) is 4.31. The summed E-state index contributed by atoms with van der Waals surface area (Å²) >= 11 is 0. The highest BCUT2D eigenvalue weighted by Crippen LogP contribution is 2.32. The quantitative estimate of drug-likeness (QED) is 0.700. The van der Waals surface area contributed by atoms with Crippen LogP contribution in [0.15, 0.2) is 36.7 Å². The van der Waals surface area contributed by atoms with Crippen LogP contribution in [0.4, 0.5) is 0 Å². The number of hydrogen-bond acceptors (Lipinski definition) is 4. The molecule has 4 heterocycles. The minimum absolute atomic E-state index is 0.331. The number of likely N-dealkylation sites (N-methyl/N-ethyl adjacent to an activating group) is 1. The van der Waals surface area contributed by atoms with Crippen molar-refractivity contribution in [3.05, 3.63) is 59.3 Å². The molecule has 2 aromatic heterocycles. The van der Waals surface area contributed by atoms with Crippen LogP contribution in [-0.4, -0.2) is 44.5 Å². The molecule has 5 nitrogen and oxygen atoms in total. The largest absolute Gasteiger partial charge is 0.350 e. The van der Waals surface area contributed by atoms with Crippen molar-refractivity contribution < 1.29 is 0 Å². The number of piperidine rings is 1. The molecule has 1 atom stereocenters. The summed E-state index contributed by atoms with van der Waals surface area (Å²) in [6.45, 7) is 4.15. The van der Waals surface area contributed by atoms with Gasteiger partial charge >= 0.3 is 0 Å². The van der Waals surface area contributed by atoms with Crippen LogP contribution in [0.1, 0.15) is 47.9 Å². The highest BCUT2D eigenvalue weighted by molar-refractivity contribution is 5.83. The number of hydrogen-bond donors (Lipinski definition) is 0. The Morgan fingerprint density at radius 1 is 1.11 bits per heavy atom. The number of aromatic nitrogens is 3. The highest BCUT2D eigenvalue weighted by atomic mass is 15.2. The lowest BCUT2D eigenvalue weighted by molar-refractivity contribution is 0.133. The Balaban J connectivity index is 1.44. The topological polar surface area (TPSA) is 37.2 Å². The van der Waals surface area contributed by atoms with E-state index < -0.39 is 0 Å². The number of fused-ring (bicyclic) bond motifs is 2. The predicted molar refractivity (Wildman–Crippen MR) is 112 cm³/mol. The van der Waals surface area contributed by atoms with Crippen LogP contribution in [0.5, 0.6) is 0 Å². The smallest absolute Gasteiger partial charge is 0.145 e. The fraction of sp³-hybridized carbons (Fsp3) is 0.478. The first-order valence-electron chi connectivity index (χ1n) is 10.5. The van der Waals surface area contributed by atoms with Crippen LogP contribution < -0.4 is 0 Å². The maximum absolute atomic E-state index is 5.05. The van der Waals surface area contributed by atoms with E-state index in [1.807, 2.05) is 0 Å². The second kappa shape index (κ2) is 7.30. The van der Waals surface area contributed by atoms with Crippen molar-refractivity contribution in [2.24, 2.45) is 7.05 Å². The third kappa shape index (κ3) is 3.23. The van der Waals surface area contributed by atoms with Crippen LogP contribution in [0.25, 0.3) is 10.9 Å².